The zero-order valence-electron chi connectivity index (χ0n) is 7.09. The second-order valence-electron chi connectivity index (χ2n) is 2.27. The third kappa shape index (κ3) is 5.92. The van der Waals surface area contributed by atoms with Crippen LogP contribution in [-0.4, -0.2) is 12.0 Å². The van der Waals surface area contributed by atoms with Crippen LogP contribution in [0.2, 0.25) is 0 Å². The Morgan fingerprint density at radius 1 is 1.55 bits per heavy atom. The Labute approximate surface area is 72.6 Å². The summed E-state index contributed by atoms with van der Waals surface area (Å²) in [6.07, 6.45) is 7.21. The Morgan fingerprint density at radius 3 is 2.55 bits per heavy atom. The first kappa shape index (κ1) is 10.5. The SMILES string of the molecule is C=C/C=C(/CCC(C)=O)SC. The number of Topliss-reactive ketones (excluding diaryl/α,β-unsaturated/α-hetero) is 1. The number of allylic oxidation sites excluding steroid dienone is 3. The molecule has 0 amide bonds. The van der Waals surface area contributed by atoms with E-state index in [1.54, 1.807) is 24.8 Å². The Bertz CT molecular complexity index is 170. The van der Waals surface area contributed by atoms with Gasteiger partial charge in [-0.2, -0.15) is 0 Å². The van der Waals surface area contributed by atoms with Gasteiger partial charge in [-0.3, -0.25) is 0 Å². The lowest BCUT2D eigenvalue weighted by Gasteiger charge is -1.99. The third-order valence-corrected chi connectivity index (χ3v) is 2.15. The fraction of sp³-hybridized carbons (Fsp3) is 0.444. The van der Waals surface area contributed by atoms with Gasteiger partial charge in [0.15, 0.2) is 0 Å². The van der Waals surface area contributed by atoms with Crippen LogP contribution in [-0.2, 0) is 4.79 Å². The van der Waals surface area contributed by atoms with Crippen molar-refractivity contribution in [2.75, 3.05) is 6.26 Å². The van der Waals surface area contributed by atoms with Crippen molar-refractivity contribution < 1.29 is 4.79 Å². The van der Waals surface area contributed by atoms with Crippen molar-refractivity contribution in [3.8, 4) is 0 Å². The van der Waals surface area contributed by atoms with Gasteiger partial charge in [0.05, 0.1) is 0 Å². The highest BCUT2D eigenvalue weighted by Crippen LogP contribution is 2.17. The van der Waals surface area contributed by atoms with E-state index in [2.05, 4.69) is 6.58 Å². The van der Waals surface area contributed by atoms with Crippen LogP contribution in [0, 0.1) is 0 Å². The van der Waals surface area contributed by atoms with Crippen molar-refractivity contribution in [2.45, 2.75) is 19.8 Å². The average Bonchev–Trinajstić information content (AvgIpc) is 1.97. The number of hydrogen-bond donors (Lipinski definition) is 0. The monoisotopic (exact) mass is 170 g/mol. The first-order valence-corrected chi connectivity index (χ1v) is 4.78. The van der Waals surface area contributed by atoms with E-state index in [1.165, 1.54) is 4.91 Å². The first-order chi connectivity index (χ1) is 5.20. The van der Waals surface area contributed by atoms with E-state index in [9.17, 15) is 4.79 Å². The molecular formula is C9H14OS. The largest absolute Gasteiger partial charge is 0.300 e. The average molecular weight is 170 g/mol. The molecule has 0 saturated carbocycles. The predicted molar refractivity (Wildman–Crippen MR) is 51.7 cm³/mol. The highest BCUT2D eigenvalue weighted by atomic mass is 32.2. The van der Waals surface area contributed by atoms with E-state index in [-0.39, 0.29) is 5.78 Å². The molecule has 0 radical (unpaired) electrons. The normalized spacial score (nSPS) is 11.3. The molecule has 0 aromatic carbocycles. The van der Waals surface area contributed by atoms with E-state index in [0.717, 1.165) is 6.42 Å². The van der Waals surface area contributed by atoms with Crippen molar-refractivity contribution in [2.24, 2.45) is 0 Å². The summed E-state index contributed by atoms with van der Waals surface area (Å²) in [5.41, 5.74) is 0. The zero-order chi connectivity index (χ0) is 8.69. The van der Waals surface area contributed by atoms with E-state index < -0.39 is 0 Å². The molecule has 0 bridgehead atoms. The van der Waals surface area contributed by atoms with Crippen molar-refractivity contribution in [1.82, 2.24) is 0 Å². The van der Waals surface area contributed by atoms with Crippen LogP contribution in [0.5, 0.6) is 0 Å². The second kappa shape index (κ2) is 6.23. The molecule has 0 heterocycles. The van der Waals surface area contributed by atoms with Crippen LogP contribution >= 0.6 is 11.8 Å². The molecule has 62 valence electrons. The Kier molecular flexibility index (Phi) is 5.94. The Hall–Kier alpha value is -0.500. The van der Waals surface area contributed by atoms with Gasteiger partial charge in [0.1, 0.15) is 5.78 Å². The molecule has 0 rings (SSSR count). The topological polar surface area (TPSA) is 17.1 Å². The molecule has 0 aliphatic carbocycles. The maximum absolute atomic E-state index is 10.6. The summed E-state index contributed by atoms with van der Waals surface area (Å²) in [7, 11) is 0. The van der Waals surface area contributed by atoms with Gasteiger partial charge in [-0.25, -0.2) is 0 Å². The summed E-state index contributed by atoms with van der Waals surface area (Å²) >= 11 is 1.67. The number of carbonyl (C=O) groups is 1. The molecule has 1 nitrogen and oxygen atoms in total. The van der Waals surface area contributed by atoms with E-state index in [4.69, 9.17) is 0 Å². The molecule has 2 heteroatoms. The number of hydrogen-bond acceptors (Lipinski definition) is 2. The van der Waals surface area contributed by atoms with Gasteiger partial charge < -0.3 is 4.79 Å². The standard InChI is InChI=1S/C9H14OS/c1-4-5-9(11-3)7-6-8(2)10/h4-5H,1,6-7H2,2-3H3/b9-5-. The fourth-order valence-corrected chi connectivity index (χ4v) is 1.22. The molecule has 0 aromatic heterocycles. The Morgan fingerprint density at radius 2 is 2.18 bits per heavy atom. The van der Waals surface area contributed by atoms with Crippen LogP contribution < -0.4 is 0 Å². The van der Waals surface area contributed by atoms with E-state index in [0.29, 0.717) is 6.42 Å². The summed E-state index contributed by atoms with van der Waals surface area (Å²) < 4.78 is 0. The van der Waals surface area contributed by atoms with Crippen molar-refractivity contribution in [3.05, 3.63) is 23.6 Å². The van der Waals surface area contributed by atoms with Gasteiger partial charge in [-0.1, -0.05) is 18.7 Å². The molecular weight excluding hydrogens is 156 g/mol. The lowest BCUT2D eigenvalue weighted by molar-refractivity contribution is -0.116. The van der Waals surface area contributed by atoms with Crippen molar-refractivity contribution >= 4 is 17.5 Å². The number of ketones is 1. The number of carbonyl (C=O) groups excluding carboxylic acids is 1. The van der Waals surface area contributed by atoms with Crippen LogP contribution in [0.4, 0.5) is 0 Å². The van der Waals surface area contributed by atoms with Gasteiger partial charge in [0.2, 0.25) is 0 Å². The Balaban J connectivity index is 3.79. The van der Waals surface area contributed by atoms with Gasteiger partial charge in [0, 0.05) is 6.42 Å². The van der Waals surface area contributed by atoms with Gasteiger partial charge in [-0.05, 0) is 24.5 Å². The lowest BCUT2D eigenvalue weighted by atomic mass is 10.2. The molecule has 0 atom stereocenters. The van der Waals surface area contributed by atoms with Crippen LogP contribution in [0.25, 0.3) is 0 Å². The maximum atomic E-state index is 10.6. The summed E-state index contributed by atoms with van der Waals surface area (Å²) in [6, 6.07) is 0. The van der Waals surface area contributed by atoms with E-state index in [1.807, 2.05) is 12.3 Å². The lowest BCUT2D eigenvalue weighted by Crippen LogP contribution is -1.89. The summed E-state index contributed by atoms with van der Waals surface area (Å²) in [5, 5.41) is 0. The van der Waals surface area contributed by atoms with Gasteiger partial charge >= 0.3 is 0 Å². The van der Waals surface area contributed by atoms with E-state index >= 15 is 0 Å². The number of rotatable bonds is 5. The first-order valence-electron chi connectivity index (χ1n) is 3.55. The third-order valence-electron chi connectivity index (χ3n) is 1.29. The van der Waals surface area contributed by atoms with Gasteiger partial charge in [-0.15, -0.1) is 11.8 Å². The van der Waals surface area contributed by atoms with Crippen LogP contribution in [0.3, 0.4) is 0 Å². The van der Waals surface area contributed by atoms with Crippen LogP contribution in [0.1, 0.15) is 19.8 Å². The molecule has 0 aromatic rings. The van der Waals surface area contributed by atoms with Gasteiger partial charge in [0.25, 0.3) is 0 Å². The molecule has 11 heavy (non-hydrogen) atoms. The minimum Gasteiger partial charge on any atom is -0.300 e. The molecule has 0 saturated heterocycles. The molecule has 0 aliphatic rings. The fourth-order valence-electron chi connectivity index (χ4n) is 0.684. The quantitative estimate of drug-likeness (QED) is 0.590. The summed E-state index contributed by atoms with van der Waals surface area (Å²) in [6.45, 7) is 5.22. The molecule has 0 N–H and O–H groups in total. The molecule has 0 unspecified atom stereocenters. The highest BCUT2D eigenvalue weighted by Gasteiger charge is 1.96. The highest BCUT2D eigenvalue weighted by molar-refractivity contribution is 8.02. The predicted octanol–water partition coefficient (Wildman–Crippen LogP) is 2.79. The number of thioether (sulfide) groups is 1. The molecule has 0 aliphatic heterocycles. The summed E-state index contributed by atoms with van der Waals surface area (Å²) in [5.74, 6) is 0.244. The smallest absolute Gasteiger partial charge is 0.130 e. The maximum Gasteiger partial charge on any atom is 0.130 e. The van der Waals surface area contributed by atoms with Crippen molar-refractivity contribution in [3.63, 3.8) is 0 Å². The zero-order valence-corrected chi connectivity index (χ0v) is 7.91. The molecule has 0 fully saturated rings. The molecule has 0 spiro atoms. The van der Waals surface area contributed by atoms with Crippen LogP contribution in [0.15, 0.2) is 23.6 Å². The second-order valence-corrected chi connectivity index (χ2v) is 3.21. The van der Waals surface area contributed by atoms with Crippen molar-refractivity contribution in [1.29, 1.82) is 0 Å². The minimum absolute atomic E-state index is 0.244. The minimum atomic E-state index is 0.244. The summed E-state index contributed by atoms with van der Waals surface area (Å²) in [4.78, 5) is 11.8.